The van der Waals surface area contributed by atoms with Crippen molar-refractivity contribution in [2.45, 2.75) is 19.5 Å². The summed E-state index contributed by atoms with van der Waals surface area (Å²) in [6.07, 6.45) is 0. The molecule has 1 heterocycles. The van der Waals surface area contributed by atoms with E-state index in [-0.39, 0.29) is 11.9 Å². The number of rotatable bonds is 6. The second kappa shape index (κ2) is 7.56. The SMILES string of the molecule is CCN(Cc1ccc(OC)c(OC)c1)C(=O)[C@@H]1CSCN1. The predicted molar refractivity (Wildman–Crippen MR) is 84.9 cm³/mol. The minimum atomic E-state index is -0.0601. The van der Waals surface area contributed by atoms with Gasteiger partial charge in [-0.15, -0.1) is 11.8 Å². The molecule has 5 nitrogen and oxygen atoms in total. The van der Waals surface area contributed by atoms with Crippen molar-refractivity contribution < 1.29 is 14.3 Å². The summed E-state index contributed by atoms with van der Waals surface area (Å²) >= 11 is 1.76. The third-order valence-electron chi connectivity index (χ3n) is 3.53. The maximum absolute atomic E-state index is 12.5. The van der Waals surface area contributed by atoms with Gasteiger partial charge in [0.25, 0.3) is 0 Å². The molecule has 2 rings (SSSR count). The Morgan fingerprint density at radius 3 is 2.71 bits per heavy atom. The van der Waals surface area contributed by atoms with E-state index in [2.05, 4.69) is 5.32 Å². The van der Waals surface area contributed by atoms with Gasteiger partial charge in [-0.2, -0.15) is 0 Å². The summed E-state index contributed by atoms with van der Waals surface area (Å²) in [7, 11) is 3.23. The van der Waals surface area contributed by atoms with Crippen LogP contribution in [0.3, 0.4) is 0 Å². The van der Waals surface area contributed by atoms with Crippen LogP contribution < -0.4 is 14.8 Å². The number of nitrogens with zero attached hydrogens (tertiary/aromatic N) is 1. The summed E-state index contributed by atoms with van der Waals surface area (Å²) in [5.74, 6) is 3.25. The van der Waals surface area contributed by atoms with E-state index in [1.165, 1.54) is 0 Å². The van der Waals surface area contributed by atoms with Crippen LogP contribution in [0, 0.1) is 0 Å². The van der Waals surface area contributed by atoms with Gasteiger partial charge in [0.1, 0.15) is 0 Å². The van der Waals surface area contributed by atoms with Crippen LogP contribution in [0.25, 0.3) is 0 Å². The highest BCUT2D eigenvalue weighted by molar-refractivity contribution is 7.99. The molecule has 6 heteroatoms. The van der Waals surface area contributed by atoms with Crippen LogP contribution in [0.15, 0.2) is 18.2 Å². The first-order valence-corrected chi connectivity index (χ1v) is 8.15. The van der Waals surface area contributed by atoms with Crippen molar-refractivity contribution >= 4 is 17.7 Å². The maximum Gasteiger partial charge on any atom is 0.240 e. The Balaban J connectivity index is 2.09. The first-order valence-electron chi connectivity index (χ1n) is 7.00. The normalized spacial score (nSPS) is 17.6. The minimum Gasteiger partial charge on any atom is -0.493 e. The van der Waals surface area contributed by atoms with E-state index in [1.807, 2.05) is 30.0 Å². The monoisotopic (exact) mass is 310 g/mol. The van der Waals surface area contributed by atoms with Gasteiger partial charge in [0.05, 0.1) is 20.3 Å². The highest BCUT2D eigenvalue weighted by Gasteiger charge is 2.26. The van der Waals surface area contributed by atoms with E-state index in [0.717, 1.165) is 17.2 Å². The van der Waals surface area contributed by atoms with E-state index in [4.69, 9.17) is 9.47 Å². The van der Waals surface area contributed by atoms with Crippen molar-refractivity contribution in [3.63, 3.8) is 0 Å². The Morgan fingerprint density at radius 2 is 2.14 bits per heavy atom. The molecule has 0 radical (unpaired) electrons. The molecule has 1 saturated heterocycles. The number of hydrogen-bond donors (Lipinski definition) is 1. The fourth-order valence-electron chi connectivity index (χ4n) is 2.32. The quantitative estimate of drug-likeness (QED) is 0.867. The average molecular weight is 310 g/mol. The van der Waals surface area contributed by atoms with E-state index >= 15 is 0 Å². The molecule has 1 aliphatic rings. The Labute approximate surface area is 130 Å². The molecule has 0 spiro atoms. The van der Waals surface area contributed by atoms with Crippen LogP contribution in [0.1, 0.15) is 12.5 Å². The third kappa shape index (κ3) is 3.83. The number of carbonyl (C=O) groups is 1. The summed E-state index contributed by atoms with van der Waals surface area (Å²) in [6, 6.07) is 5.70. The number of ether oxygens (including phenoxy) is 2. The highest BCUT2D eigenvalue weighted by Crippen LogP contribution is 2.28. The van der Waals surface area contributed by atoms with Crippen LogP contribution in [0.4, 0.5) is 0 Å². The van der Waals surface area contributed by atoms with Gasteiger partial charge in [0.15, 0.2) is 11.5 Å². The Kier molecular flexibility index (Phi) is 5.76. The molecule has 21 heavy (non-hydrogen) atoms. The molecule has 0 unspecified atom stereocenters. The van der Waals surface area contributed by atoms with Crippen molar-refractivity contribution in [2.75, 3.05) is 32.4 Å². The largest absolute Gasteiger partial charge is 0.493 e. The molecular weight excluding hydrogens is 288 g/mol. The van der Waals surface area contributed by atoms with E-state index in [1.54, 1.807) is 26.0 Å². The second-order valence-electron chi connectivity index (χ2n) is 4.81. The molecule has 1 atom stereocenters. The molecule has 1 aromatic rings. The zero-order valence-corrected chi connectivity index (χ0v) is 13.5. The molecule has 1 N–H and O–H groups in total. The van der Waals surface area contributed by atoms with E-state index in [9.17, 15) is 4.79 Å². The molecular formula is C15H22N2O3S. The fraction of sp³-hybridized carbons (Fsp3) is 0.533. The number of benzene rings is 1. The summed E-state index contributed by atoms with van der Waals surface area (Å²) in [5, 5.41) is 3.22. The van der Waals surface area contributed by atoms with Gasteiger partial charge in [-0.25, -0.2) is 0 Å². The first-order chi connectivity index (χ1) is 10.2. The molecule has 0 aliphatic carbocycles. The van der Waals surface area contributed by atoms with Gasteiger partial charge in [0.2, 0.25) is 5.91 Å². The van der Waals surface area contributed by atoms with Gasteiger partial charge in [0, 0.05) is 24.7 Å². The zero-order valence-electron chi connectivity index (χ0n) is 12.7. The standard InChI is InChI=1S/C15H22N2O3S/c1-4-17(15(18)12-9-21-10-16-12)8-11-5-6-13(19-2)14(7-11)20-3/h5-7,12,16H,4,8-10H2,1-3H3/t12-/m0/s1. The van der Waals surface area contributed by atoms with Gasteiger partial charge in [-0.3, -0.25) is 10.1 Å². The lowest BCUT2D eigenvalue weighted by atomic mass is 10.1. The number of nitrogens with one attached hydrogen (secondary N) is 1. The van der Waals surface area contributed by atoms with Crippen LogP contribution in [0.2, 0.25) is 0 Å². The molecule has 1 aliphatic heterocycles. The van der Waals surface area contributed by atoms with Gasteiger partial charge in [-0.05, 0) is 24.6 Å². The predicted octanol–water partition coefficient (Wildman–Crippen LogP) is 1.71. The van der Waals surface area contributed by atoms with Gasteiger partial charge in [-0.1, -0.05) is 6.07 Å². The van der Waals surface area contributed by atoms with Crippen LogP contribution in [-0.2, 0) is 11.3 Å². The van der Waals surface area contributed by atoms with Crippen LogP contribution in [-0.4, -0.2) is 49.2 Å². The Bertz CT molecular complexity index is 490. The average Bonchev–Trinajstić information content (AvgIpc) is 3.06. The first kappa shape index (κ1) is 16.0. The fourth-order valence-corrected chi connectivity index (χ4v) is 3.25. The summed E-state index contributed by atoms with van der Waals surface area (Å²) < 4.78 is 10.5. The lowest BCUT2D eigenvalue weighted by Crippen LogP contribution is -2.44. The molecule has 1 amide bonds. The smallest absolute Gasteiger partial charge is 0.240 e. The van der Waals surface area contributed by atoms with Crippen molar-refractivity contribution in [1.29, 1.82) is 0 Å². The number of thioether (sulfide) groups is 1. The third-order valence-corrected chi connectivity index (χ3v) is 4.47. The van der Waals surface area contributed by atoms with Crippen molar-refractivity contribution in [1.82, 2.24) is 10.2 Å². The van der Waals surface area contributed by atoms with Crippen molar-refractivity contribution in [3.8, 4) is 11.5 Å². The lowest BCUT2D eigenvalue weighted by Gasteiger charge is -2.24. The van der Waals surface area contributed by atoms with Crippen molar-refractivity contribution in [3.05, 3.63) is 23.8 Å². The van der Waals surface area contributed by atoms with Crippen LogP contribution in [0.5, 0.6) is 11.5 Å². The van der Waals surface area contributed by atoms with E-state index in [0.29, 0.717) is 24.6 Å². The van der Waals surface area contributed by atoms with Crippen molar-refractivity contribution in [2.24, 2.45) is 0 Å². The van der Waals surface area contributed by atoms with Crippen LogP contribution >= 0.6 is 11.8 Å². The minimum absolute atomic E-state index is 0.0601. The molecule has 0 bridgehead atoms. The molecule has 1 fully saturated rings. The molecule has 0 saturated carbocycles. The lowest BCUT2D eigenvalue weighted by molar-refractivity contribution is -0.133. The molecule has 0 aromatic heterocycles. The second-order valence-corrected chi connectivity index (χ2v) is 5.84. The highest BCUT2D eigenvalue weighted by atomic mass is 32.2. The topological polar surface area (TPSA) is 50.8 Å². The number of methoxy groups -OCH3 is 2. The van der Waals surface area contributed by atoms with Gasteiger partial charge < -0.3 is 14.4 Å². The number of likely N-dealkylation sites (N-methyl/N-ethyl adjacent to an activating group) is 1. The number of hydrogen-bond acceptors (Lipinski definition) is 5. The Hall–Kier alpha value is -1.40. The Morgan fingerprint density at radius 1 is 1.38 bits per heavy atom. The molecule has 1 aromatic carbocycles. The summed E-state index contributed by atoms with van der Waals surface area (Å²) in [5.41, 5.74) is 1.04. The zero-order chi connectivity index (χ0) is 15.2. The van der Waals surface area contributed by atoms with E-state index < -0.39 is 0 Å². The summed E-state index contributed by atoms with van der Waals surface area (Å²) in [6.45, 7) is 3.27. The maximum atomic E-state index is 12.5. The number of carbonyl (C=O) groups excluding carboxylic acids is 1. The summed E-state index contributed by atoms with van der Waals surface area (Å²) in [4.78, 5) is 14.3. The van der Waals surface area contributed by atoms with Gasteiger partial charge >= 0.3 is 0 Å². The molecule has 116 valence electrons. The number of amides is 1.